The molecule has 7 heteroatoms. The largest absolute Gasteiger partial charge is 0.491 e. The minimum Gasteiger partial charge on any atom is -0.491 e. The van der Waals surface area contributed by atoms with Crippen molar-refractivity contribution in [3.05, 3.63) is 52.5 Å². The van der Waals surface area contributed by atoms with Crippen LogP contribution in [0, 0.1) is 0 Å². The number of carbonyl (C=O) groups excluding carboxylic acids is 1. The normalized spacial score (nSPS) is 10.2. The van der Waals surface area contributed by atoms with Crippen molar-refractivity contribution in [3.63, 3.8) is 0 Å². The van der Waals surface area contributed by atoms with Crippen LogP contribution in [0.15, 0.2) is 42.5 Å². The lowest BCUT2D eigenvalue weighted by Crippen LogP contribution is -2.19. The van der Waals surface area contributed by atoms with Crippen molar-refractivity contribution >= 4 is 40.6 Å². The highest BCUT2D eigenvalue weighted by Crippen LogP contribution is 2.25. The summed E-state index contributed by atoms with van der Waals surface area (Å²) in [5.74, 6) is 0.703. The van der Waals surface area contributed by atoms with E-state index in [0.717, 1.165) is 0 Å². The van der Waals surface area contributed by atoms with Crippen LogP contribution in [0.25, 0.3) is 0 Å². The number of anilines is 2. The Bertz CT molecular complexity index is 663. The van der Waals surface area contributed by atoms with Gasteiger partial charge in [0.05, 0.1) is 17.3 Å². The second kappa shape index (κ2) is 8.62. The number of hydrogen-bond donors (Lipinski definition) is 2. The highest BCUT2D eigenvalue weighted by atomic mass is 35.5. The summed E-state index contributed by atoms with van der Waals surface area (Å²) in [7, 11) is 1.61. The molecule has 0 fully saturated rings. The van der Waals surface area contributed by atoms with Gasteiger partial charge in [0.2, 0.25) is 0 Å². The van der Waals surface area contributed by atoms with Crippen molar-refractivity contribution in [1.82, 2.24) is 0 Å². The van der Waals surface area contributed by atoms with Gasteiger partial charge in [-0.3, -0.25) is 0 Å². The number of hydrogen-bond acceptors (Lipinski definition) is 3. The third-order valence-electron chi connectivity index (χ3n) is 2.85. The lowest BCUT2D eigenvalue weighted by molar-refractivity contribution is 0.146. The Hall–Kier alpha value is -1.95. The van der Waals surface area contributed by atoms with Crippen molar-refractivity contribution < 1.29 is 14.3 Å². The minimum atomic E-state index is -0.401. The zero-order chi connectivity index (χ0) is 16.7. The maximum absolute atomic E-state index is 12.0. The molecule has 2 amide bonds. The maximum atomic E-state index is 12.0. The second-order valence-electron chi connectivity index (χ2n) is 4.57. The first-order valence-corrected chi connectivity index (χ1v) is 7.59. The number of rotatable bonds is 6. The molecule has 2 aromatic carbocycles. The molecule has 0 heterocycles. The van der Waals surface area contributed by atoms with Gasteiger partial charge >= 0.3 is 6.03 Å². The molecule has 0 atom stereocenters. The van der Waals surface area contributed by atoms with E-state index in [9.17, 15) is 4.79 Å². The summed E-state index contributed by atoms with van der Waals surface area (Å²) >= 11 is 11.8. The lowest BCUT2D eigenvalue weighted by Gasteiger charge is -2.10. The monoisotopic (exact) mass is 354 g/mol. The summed E-state index contributed by atoms with van der Waals surface area (Å²) in [5.41, 5.74) is 1.11. The number of ether oxygens (including phenoxy) is 2. The predicted molar refractivity (Wildman–Crippen MR) is 92.9 cm³/mol. The Morgan fingerprint density at radius 2 is 1.78 bits per heavy atom. The molecular formula is C16H16Cl2N2O3. The summed E-state index contributed by atoms with van der Waals surface area (Å²) in [5, 5.41) is 6.23. The second-order valence-corrected chi connectivity index (χ2v) is 5.41. The van der Waals surface area contributed by atoms with E-state index < -0.39 is 6.03 Å². The van der Waals surface area contributed by atoms with Crippen LogP contribution in [0.5, 0.6) is 5.75 Å². The van der Waals surface area contributed by atoms with E-state index in [4.69, 9.17) is 32.7 Å². The number of carbonyl (C=O) groups is 1. The Morgan fingerprint density at radius 3 is 2.43 bits per heavy atom. The van der Waals surface area contributed by atoms with Crippen molar-refractivity contribution in [1.29, 1.82) is 0 Å². The summed E-state index contributed by atoms with van der Waals surface area (Å²) in [6.07, 6.45) is 0. The predicted octanol–water partition coefficient (Wildman–Crippen LogP) is 4.66. The van der Waals surface area contributed by atoms with Crippen molar-refractivity contribution in [2.75, 3.05) is 31.0 Å². The Labute approximate surface area is 144 Å². The third-order valence-corrected chi connectivity index (χ3v) is 3.40. The van der Waals surface area contributed by atoms with Gasteiger partial charge in [-0.15, -0.1) is 0 Å². The molecule has 0 saturated heterocycles. The van der Waals surface area contributed by atoms with Crippen LogP contribution in [-0.4, -0.2) is 26.4 Å². The molecule has 23 heavy (non-hydrogen) atoms. The topological polar surface area (TPSA) is 59.6 Å². The highest BCUT2D eigenvalue weighted by Gasteiger charge is 2.06. The summed E-state index contributed by atoms with van der Waals surface area (Å²) in [4.78, 5) is 12.0. The summed E-state index contributed by atoms with van der Waals surface area (Å²) in [6, 6.07) is 11.5. The number of benzene rings is 2. The standard InChI is InChI=1S/C16H16Cl2N2O3/c1-22-8-9-23-13-5-3-12(4-6-13)19-16(21)20-15-7-2-11(17)10-14(15)18/h2-7,10H,8-9H2,1H3,(H2,19,20,21). The smallest absolute Gasteiger partial charge is 0.323 e. The number of urea groups is 1. The maximum Gasteiger partial charge on any atom is 0.323 e. The zero-order valence-corrected chi connectivity index (χ0v) is 13.9. The lowest BCUT2D eigenvalue weighted by atomic mass is 10.3. The number of amides is 2. The van der Waals surface area contributed by atoms with E-state index in [0.29, 0.717) is 40.4 Å². The molecule has 0 radical (unpaired) electrons. The first-order chi connectivity index (χ1) is 11.1. The third kappa shape index (κ3) is 5.63. The first kappa shape index (κ1) is 17.4. The fourth-order valence-corrected chi connectivity index (χ4v) is 2.21. The van der Waals surface area contributed by atoms with E-state index in [1.54, 1.807) is 49.6 Å². The van der Waals surface area contributed by atoms with Crippen LogP contribution in [0.1, 0.15) is 0 Å². The molecule has 0 aliphatic heterocycles. The van der Waals surface area contributed by atoms with Gasteiger partial charge in [-0.05, 0) is 42.5 Å². The van der Waals surface area contributed by atoms with Crippen molar-refractivity contribution in [3.8, 4) is 5.75 Å². The first-order valence-electron chi connectivity index (χ1n) is 6.83. The molecule has 0 spiro atoms. The molecular weight excluding hydrogens is 339 g/mol. The van der Waals surface area contributed by atoms with Gasteiger partial charge in [0.25, 0.3) is 0 Å². The van der Waals surface area contributed by atoms with Crippen LogP contribution in [0.4, 0.5) is 16.2 Å². The van der Waals surface area contributed by atoms with Crippen molar-refractivity contribution in [2.45, 2.75) is 0 Å². The van der Waals surface area contributed by atoms with Crippen molar-refractivity contribution in [2.24, 2.45) is 0 Å². The van der Waals surface area contributed by atoms with E-state index in [2.05, 4.69) is 10.6 Å². The van der Waals surface area contributed by atoms with Crippen LogP contribution < -0.4 is 15.4 Å². The molecule has 2 aromatic rings. The van der Waals surface area contributed by atoms with Gasteiger partial charge in [0.15, 0.2) is 0 Å². The minimum absolute atomic E-state index is 0.370. The average molecular weight is 355 g/mol. The van der Waals surface area contributed by atoms with Gasteiger partial charge < -0.3 is 20.1 Å². The van der Waals surface area contributed by atoms with Crippen LogP contribution in [0.2, 0.25) is 10.0 Å². The molecule has 5 nitrogen and oxygen atoms in total. The highest BCUT2D eigenvalue weighted by molar-refractivity contribution is 6.36. The summed E-state index contributed by atoms with van der Waals surface area (Å²) < 4.78 is 10.3. The Kier molecular flexibility index (Phi) is 6.52. The van der Waals surface area contributed by atoms with Gasteiger partial charge in [-0.2, -0.15) is 0 Å². The van der Waals surface area contributed by atoms with Crippen LogP contribution >= 0.6 is 23.2 Å². The van der Waals surface area contributed by atoms with Gasteiger partial charge in [0, 0.05) is 17.8 Å². The van der Waals surface area contributed by atoms with E-state index in [-0.39, 0.29) is 0 Å². The van der Waals surface area contributed by atoms with Crippen LogP contribution in [-0.2, 0) is 4.74 Å². The molecule has 2 rings (SSSR count). The number of methoxy groups -OCH3 is 1. The molecule has 0 aliphatic carbocycles. The summed E-state index contributed by atoms with van der Waals surface area (Å²) in [6.45, 7) is 0.989. The van der Waals surface area contributed by atoms with Gasteiger partial charge in [-0.25, -0.2) is 4.79 Å². The fourth-order valence-electron chi connectivity index (χ4n) is 1.75. The SMILES string of the molecule is COCCOc1ccc(NC(=O)Nc2ccc(Cl)cc2Cl)cc1. The molecule has 122 valence electrons. The zero-order valence-electron chi connectivity index (χ0n) is 12.4. The Morgan fingerprint density at radius 1 is 1.04 bits per heavy atom. The molecule has 0 unspecified atom stereocenters. The van der Waals surface area contributed by atoms with E-state index in [1.165, 1.54) is 0 Å². The number of halogens is 2. The quantitative estimate of drug-likeness (QED) is 0.741. The van der Waals surface area contributed by atoms with Gasteiger partial charge in [-0.1, -0.05) is 23.2 Å². The van der Waals surface area contributed by atoms with Crippen LogP contribution in [0.3, 0.4) is 0 Å². The molecule has 0 aromatic heterocycles. The van der Waals surface area contributed by atoms with E-state index >= 15 is 0 Å². The molecule has 0 saturated carbocycles. The Balaban J connectivity index is 1.89. The van der Waals surface area contributed by atoms with E-state index in [1.807, 2.05) is 0 Å². The van der Waals surface area contributed by atoms with Gasteiger partial charge in [0.1, 0.15) is 12.4 Å². The fraction of sp³-hybridized carbons (Fsp3) is 0.188. The molecule has 0 bridgehead atoms. The molecule has 2 N–H and O–H groups in total. The number of nitrogens with one attached hydrogen (secondary N) is 2. The average Bonchev–Trinajstić information content (AvgIpc) is 2.52. The molecule has 0 aliphatic rings.